The van der Waals surface area contributed by atoms with Gasteiger partial charge in [0.05, 0.1) is 6.26 Å². The second-order valence-electron chi connectivity index (χ2n) is 3.21. The lowest BCUT2D eigenvalue weighted by atomic mass is 10.3. The first-order valence-corrected chi connectivity index (χ1v) is 6.09. The van der Waals surface area contributed by atoms with E-state index in [0.29, 0.717) is 31.9 Å². The summed E-state index contributed by atoms with van der Waals surface area (Å²) >= 11 is 0. The molecule has 1 heterocycles. The number of rotatable bonds is 2. The number of allylic oxidation sites excluding steroid dienone is 1. The molecule has 0 aromatic carbocycles. The van der Waals surface area contributed by atoms with Gasteiger partial charge in [-0.05, 0) is 0 Å². The number of hydrogen-bond donors (Lipinski definition) is 0. The van der Waals surface area contributed by atoms with Crippen LogP contribution in [0, 0.1) is 11.3 Å². The molecule has 0 atom stereocenters. The van der Waals surface area contributed by atoms with Gasteiger partial charge < -0.3 is 4.90 Å². The summed E-state index contributed by atoms with van der Waals surface area (Å²) in [5.74, 6) is 0. The van der Waals surface area contributed by atoms with Crippen LogP contribution in [0.5, 0.6) is 0 Å². The topological polar surface area (TPSA) is 64.4 Å². The van der Waals surface area contributed by atoms with Crippen LogP contribution in [-0.4, -0.2) is 50.1 Å². The molecule has 0 amide bonds. The maximum atomic E-state index is 11.2. The molecular weight excluding hydrogens is 202 g/mol. The molecule has 0 radical (unpaired) electrons. The lowest BCUT2D eigenvalue weighted by molar-refractivity contribution is 0.236. The highest BCUT2D eigenvalue weighted by Crippen LogP contribution is 2.09. The molecule has 0 spiro atoms. The van der Waals surface area contributed by atoms with Crippen molar-refractivity contribution in [3.8, 4) is 6.07 Å². The van der Waals surface area contributed by atoms with Crippen LogP contribution >= 0.6 is 0 Å². The first-order chi connectivity index (χ1) is 6.45. The lowest BCUT2D eigenvalue weighted by Crippen LogP contribution is -2.47. The summed E-state index contributed by atoms with van der Waals surface area (Å²) in [5.41, 5.74) is 0.401. The normalized spacial score (nSPS) is 19.0. The number of hydrogen-bond acceptors (Lipinski definition) is 4. The minimum Gasteiger partial charge on any atom is -0.361 e. The maximum Gasteiger partial charge on any atom is 0.211 e. The Balaban J connectivity index is 2.56. The zero-order valence-corrected chi connectivity index (χ0v) is 8.92. The van der Waals surface area contributed by atoms with Crippen LogP contribution in [0.25, 0.3) is 0 Å². The van der Waals surface area contributed by atoms with Crippen LogP contribution in [0.3, 0.4) is 0 Å². The monoisotopic (exact) mass is 215 g/mol. The third kappa shape index (κ3) is 2.47. The molecule has 78 valence electrons. The van der Waals surface area contributed by atoms with Crippen molar-refractivity contribution < 1.29 is 8.42 Å². The van der Waals surface area contributed by atoms with Crippen LogP contribution in [0.1, 0.15) is 0 Å². The number of piperazine rings is 1. The molecule has 0 aliphatic carbocycles. The first kappa shape index (κ1) is 11.0. The third-order valence-electron chi connectivity index (χ3n) is 2.22. The van der Waals surface area contributed by atoms with Gasteiger partial charge in [0.2, 0.25) is 10.0 Å². The van der Waals surface area contributed by atoms with E-state index in [2.05, 4.69) is 6.58 Å². The van der Waals surface area contributed by atoms with E-state index in [4.69, 9.17) is 5.26 Å². The Morgan fingerprint density at radius 3 is 2.21 bits per heavy atom. The summed E-state index contributed by atoms with van der Waals surface area (Å²) in [6, 6.07) is 1.95. The summed E-state index contributed by atoms with van der Waals surface area (Å²) in [5, 5.41) is 8.59. The van der Waals surface area contributed by atoms with Crippen LogP contribution < -0.4 is 0 Å². The fraction of sp³-hybridized carbons (Fsp3) is 0.625. The van der Waals surface area contributed by atoms with E-state index in [0.717, 1.165) is 0 Å². The Kier molecular flexibility index (Phi) is 3.13. The predicted molar refractivity (Wildman–Crippen MR) is 52.7 cm³/mol. The fourth-order valence-corrected chi connectivity index (χ4v) is 2.19. The van der Waals surface area contributed by atoms with E-state index in [9.17, 15) is 8.42 Å². The minimum atomic E-state index is -3.09. The molecule has 0 saturated carbocycles. The molecule has 0 aromatic rings. The Bertz CT molecular complexity index is 361. The number of nitriles is 1. The van der Waals surface area contributed by atoms with Crippen molar-refractivity contribution in [3.05, 3.63) is 12.3 Å². The molecule has 5 nitrogen and oxygen atoms in total. The summed E-state index contributed by atoms with van der Waals surface area (Å²) in [6.07, 6.45) is 1.20. The van der Waals surface area contributed by atoms with E-state index >= 15 is 0 Å². The van der Waals surface area contributed by atoms with Crippen molar-refractivity contribution in [1.29, 1.82) is 5.26 Å². The average molecular weight is 215 g/mol. The SMILES string of the molecule is C=C(C#N)N1CCN(S(C)(=O)=O)CC1. The zero-order chi connectivity index (χ0) is 10.8. The van der Waals surface area contributed by atoms with Gasteiger partial charge in [-0.15, -0.1) is 0 Å². The van der Waals surface area contributed by atoms with Gasteiger partial charge in [0.25, 0.3) is 0 Å². The van der Waals surface area contributed by atoms with E-state index in [1.807, 2.05) is 6.07 Å². The molecule has 14 heavy (non-hydrogen) atoms. The van der Waals surface area contributed by atoms with E-state index in [1.165, 1.54) is 10.6 Å². The van der Waals surface area contributed by atoms with Crippen molar-refractivity contribution in [2.24, 2.45) is 0 Å². The van der Waals surface area contributed by atoms with Gasteiger partial charge in [0.15, 0.2) is 0 Å². The van der Waals surface area contributed by atoms with Gasteiger partial charge >= 0.3 is 0 Å². The van der Waals surface area contributed by atoms with Crippen molar-refractivity contribution in [3.63, 3.8) is 0 Å². The summed E-state index contributed by atoms with van der Waals surface area (Å²) in [7, 11) is -3.09. The largest absolute Gasteiger partial charge is 0.361 e. The number of nitrogens with zero attached hydrogens (tertiary/aromatic N) is 3. The summed E-state index contributed by atoms with van der Waals surface area (Å²) in [4.78, 5) is 1.79. The van der Waals surface area contributed by atoms with Crippen LogP contribution in [0.15, 0.2) is 12.3 Å². The van der Waals surface area contributed by atoms with Gasteiger partial charge in [-0.25, -0.2) is 8.42 Å². The second-order valence-corrected chi connectivity index (χ2v) is 5.19. The smallest absolute Gasteiger partial charge is 0.211 e. The molecule has 0 N–H and O–H groups in total. The van der Waals surface area contributed by atoms with Gasteiger partial charge in [0.1, 0.15) is 11.8 Å². The first-order valence-electron chi connectivity index (χ1n) is 4.24. The Morgan fingerprint density at radius 2 is 1.86 bits per heavy atom. The quantitative estimate of drug-likeness (QED) is 0.588. The van der Waals surface area contributed by atoms with E-state index in [1.54, 1.807) is 4.90 Å². The standard InChI is InChI=1S/C8H13N3O2S/c1-8(7-9)10-3-5-11(6-4-10)14(2,12)13/h1,3-6H2,2H3. The molecule has 1 aliphatic heterocycles. The molecule has 1 saturated heterocycles. The van der Waals surface area contributed by atoms with Gasteiger partial charge in [-0.2, -0.15) is 9.57 Å². The molecule has 1 aliphatic rings. The summed E-state index contributed by atoms with van der Waals surface area (Å²) < 4.78 is 23.7. The Hall–Kier alpha value is -1.06. The Morgan fingerprint density at radius 1 is 1.36 bits per heavy atom. The highest BCUT2D eigenvalue weighted by molar-refractivity contribution is 7.88. The molecule has 0 bridgehead atoms. The van der Waals surface area contributed by atoms with Crippen LogP contribution in [0.4, 0.5) is 0 Å². The highest BCUT2D eigenvalue weighted by Gasteiger charge is 2.23. The second kappa shape index (κ2) is 3.98. The Labute approximate surface area is 84.3 Å². The maximum absolute atomic E-state index is 11.2. The lowest BCUT2D eigenvalue weighted by Gasteiger charge is -2.33. The van der Waals surface area contributed by atoms with Crippen molar-refractivity contribution in [2.75, 3.05) is 32.4 Å². The van der Waals surface area contributed by atoms with E-state index < -0.39 is 10.0 Å². The van der Waals surface area contributed by atoms with Crippen LogP contribution in [-0.2, 0) is 10.0 Å². The minimum absolute atomic E-state index is 0.401. The third-order valence-corrected chi connectivity index (χ3v) is 3.52. The average Bonchev–Trinajstić information content (AvgIpc) is 2.15. The van der Waals surface area contributed by atoms with Gasteiger partial charge in [-0.3, -0.25) is 0 Å². The predicted octanol–water partition coefficient (Wildman–Crippen LogP) is -0.399. The molecule has 6 heteroatoms. The fourth-order valence-electron chi connectivity index (χ4n) is 1.36. The molecule has 1 rings (SSSR count). The number of sulfonamides is 1. The van der Waals surface area contributed by atoms with Gasteiger partial charge in [0, 0.05) is 26.2 Å². The van der Waals surface area contributed by atoms with Gasteiger partial charge in [-0.1, -0.05) is 6.58 Å². The zero-order valence-electron chi connectivity index (χ0n) is 8.10. The molecule has 0 aromatic heterocycles. The van der Waals surface area contributed by atoms with Crippen LogP contribution in [0.2, 0.25) is 0 Å². The molecular formula is C8H13N3O2S. The van der Waals surface area contributed by atoms with Crippen molar-refractivity contribution in [1.82, 2.24) is 9.21 Å². The molecule has 1 fully saturated rings. The highest BCUT2D eigenvalue weighted by atomic mass is 32.2. The molecule has 0 unspecified atom stereocenters. The summed E-state index contributed by atoms with van der Waals surface area (Å²) in [6.45, 7) is 5.52. The van der Waals surface area contributed by atoms with Crippen molar-refractivity contribution in [2.45, 2.75) is 0 Å². The van der Waals surface area contributed by atoms with Crippen molar-refractivity contribution >= 4 is 10.0 Å². The van der Waals surface area contributed by atoms with E-state index in [-0.39, 0.29) is 0 Å².